The van der Waals surface area contributed by atoms with Crippen LogP contribution in [-0.2, 0) is 65.4 Å². The number of aliphatic hydroxyl groups is 1. The molecule has 0 aliphatic heterocycles. The van der Waals surface area contributed by atoms with E-state index >= 15 is 0 Å². The zero-order valence-corrected chi connectivity index (χ0v) is 63.9. The number of phosphoric ester groups is 2. The van der Waals surface area contributed by atoms with Crippen molar-refractivity contribution < 1.29 is 80.2 Å². The molecule has 3 N–H and O–H groups in total. The van der Waals surface area contributed by atoms with Crippen LogP contribution in [0.5, 0.6) is 0 Å². The first-order valence-corrected chi connectivity index (χ1v) is 42.3. The van der Waals surface area contributed by atoms with Crippen molar-refractivity contribution in [2.75, 3.05) is 39.6 Å². The number of ether oxygens (including phenoxy) is 4. The van der Waals surface area contributed by atoms with Crippen molar-refractivity contribution in [2.24, 2.45) is 17.8 Å². The zero-order valence-electron chi connectivity index (χ0n) is 62.1. The molecule has 564 valence electrons. The molecule has 0 aromatic carbocycles. The highest BCUT2D eigenvalue weighted by Gasteiger charge is 2.30. The molecule has 0 saturated heterocycles. The van der Waals surface area contributed by atoms with Gasteiger partial charge in [-0.3, -0.25) is 37.3 Å². The Morgan fingerprint density at radius 2 is 0.484 bits per heavy atom. The number of hydrogen-bond donors (Lipinski definition) is 3. The van der Waals surface area contributed by atoms with Crippen molar-refractivity contribution in [2.45, 2.75) is 407 Å². The van der Waals surface area contributed by atoms with Gasteiger partial charge in [0.2, 0.25) is 0 Å². The molecule has 0 fully saturated rings. The lowest BCUT2D eigenvalue weighted by atomic mass is 10.0. The van der Waals surface area contributed by atoms with E-state index in [1.54, 1.807) is 0 Å². The van der Waals surface area contributed by atoms with Crippen molar-refractivity contribution in [1.29, 1.82) is 0 Å². The summed E-state index contributed by atoms with van der Waals surface area (Å²) in [6, 6.07) is 0. The minimum Gasteiger partial charge on any atom is -0.462 e. The topological polar surface area (TPSA) is 237 Å². The van der Waals surface area contributed by atoms with Gasteiger partial charge in [-0.05, 0) is 43.4 Å². The molecule has 0 aromatic rings. The van der Waals surface area contributed by atoms with Gasteiger partial charge in [0.05, 0.1) is 26.4 Å². The number of rotatable bonds is 74. The Labute approximate surface area is 581 Å². The molecule has 0 aromatic heterocycles. The van der Waals surface area contributed by atoms with Crippen LogP contribution in [0, 0.1) is 17.8 Å². The maximum atomic E-state index is 13.1. The normalized spacial score (nSPS) is 14.1. The Kier molecular flexibility index (Phi) is 65.2. The highest BCUT2D eigenvalue weighted by atomic mass is 31.2. The Bertz CT molecular complexity index is 1850. The van der Waals surface area contributed by atoms with Gasteiger partial charge in [-0.1, -0.05) is 337 Å². The monoisotopic (exact) mass is 1400 g/mol. The van der Waals surface area contributed by atoms with E-state index in [9.17, 15) is 43.2 Å². The minimum absolute atomic E-state index is 0.106. The molecule has 17 nitrogen and oxygen atoms in total. The summed E-state index contributed by atoms with van der Waals surface area (Å²) in [6.45, 7) is 11.9. The van der Waals surface area contributed by atoms with Gasteiger partial charge in [-0.2, -0.15) is 0 Å². The molecule has 19 heteroatoms. The first-order chi connectivity index (χ1) is 45.7. The largest absolute Gasteiger partial charge is 0.472 e. The number of hydrogen-bond acceptors (Lipinski definition) is 15. The fourth-order valence-electron chi connectivity index (χ4n) is 11.6. The molecule has 0 rings (SSSR count). The Morgan fingerprint density at radius 1 is 0.284 bits per heavy atom. The summed E-state index contributed by atoms with van der Waals surface area (Å²) < 4.78 is 68.6. The van der Waals surface area contributed by atoms with Crippen molar-refractivity contribution in [3.05, 3.63) is 0 Å². The van der Waals surface area contributed by atoms with E-state index in [-0.39, 0.29) is 25.7 Å². The van der Waals surface area contributed by atoms with Crippen LogP contribution in [-0.4, -0.2) is 96.7 Å². The quantitative estimate of drug-likeness (QED) is 0.0222. The fourth-order valence-corrected chi connectivity index (χ4v) is 13.2. The van der Waals surface area contributed by atoms with Gasteiger partial charge in [0.1, 0.15) is 19.3 Å². The molecule has 0 aliphatic rings. The average Bonchev–Trinajstić information content (AvgIpc) is 3.73. The van der Waals surface area contributed by atoms with E-state index in [2.05, 4.69) is 48.5 Å². The van der Waals surface area contributed by atoms with E-state index in [0.717, 1.165) is 108 Å². The summed E-state index contributed by atoms with van der Waals surface area (Å²) >= 11 is 0. The summed E-state index contributed by atoms with van der Waals surface area (Å²) in [5.74, 6) is 0.151. The smallest absolute Gasteiger partial charge is 0.462 e. The SMILES string of the molecule is CCCCCCCCCCCCCCCCCC(=O)OC[C@H](COP(=O)(O)OC[C@@H](O)COP(=O)(O)OC[C@@H](COC(=O)CCCCCCCCCCC(C)C)OC(=O)CCCCCCCCCCCCCC(C)C)OC(=O)CCCCCCCCCCCCCCC(C)C. The van der Waals surface area contributed by atoms with Crippen molar-refractivity contribution in [3.8, 4) is 0 Å². The van der Waals surface area contributed by atoms with E-state index in [0.29, 0.717) is 25.7 Å². The summed E-state index contributed by atoms with van der Waals surface area (Å²) in [7, 11) is -9.91. The molecule has 95 heavy (non-hydrogen) atoms. The number of phosphoric acid groups is 2. The molecule has 0 saturated carbocycles. The third-order valence-corrected chi connectivity index (χ3v) is 19.5. The van der Waals surface area contributed by atoms with Gasteiger partial charge in [-0.15, -0.1) is 0 Å². The zero-order chi connectivity index (χ0) is 70.1. The van der Waals surface area contributed by atoms with Crippen molar-refractivity contribution in [1.82, 2.24) is 0 Å². The predicted octanol–water partition coefficient (Wildman–Crippen LogP) is 22.2. The van der Waals surface area contributed by atoms with Crippen LogP contribution in [0.3, 0.4) is 0 Å². The van der Waals surface area contributed by atoms with Crippen LogP contribution in [0.4, 0.5) is 0 Å². The Hall–Kier alpha value is -1.94. The molecule has 0 heterocycles. The number of carbonyl (C=O) groups excluding carboxylic acids is 4. The maximum Gasteiger partial charge on any atom is 0.472 e. The van der Waals surface area contributed by atoms with Crippen LogP contribution < -0.4 is 0 Å². The first kappa shape index (κ1) is 93.1. The van der Waals surface area contributed by atoms with Crippen molar-refractivity contribution >= 4 is 39.5 Å². The van der Waals surface area contributed by atoms with E-state index in [1.807, 2.05) is 0 Å². The second-order valence-electron chi connectivity index (χ2n) is 28.8. The van der Waals surface area contributed by atoms with E-state index in [4.69, 9.17) is 37.0 Å². The molecule has 0 spiro atoms. The molecule has 0 amide bonds. The van der Waals surface area contributed by atoms with Crippen LogP contribution in [0.1, 0.15) is 389 Å². The molecule has 0 aliphatic carbocycles. The molecular weight excluding hydrogens is 1250 g/mol. The second-order valence-corrected chi connectivity index (χ2v) is 31.7. The summed E-state index contributed by atoms with van der Waals surface area (Å²) in [5, 5.41) is 10.6. The summed E-state index contributed by atoms with van der Waals surface area (Å²) in [6.07, 6.45) is 52.6. The molecule has 2 unspecified atom stereocenters. The fraction of sp³-hybridized carbons (Fsp3) is 0.947. The second kappa shape index (κ2) is 66.6. The number of esters is 4. The van der Waals surface area contributed by atoms with E-state index < -0.39 is 97.5 Å². The lowest BCUT2D eigenvalue weighted by Crippen LogP contribution is -2.30. The van der Waals surface area contributed by atoms with Gasteiger partial charge in [-0.25, -0.2) is 9.13 Å². The molecular formula is C76H148O17P2. The Balaban J connectivity index is 5.26. The van der Waals surface area contributed by atoms with Crippen LogP contribution >= 0.6 is 15.6 Å². The minimum atomic E-state index is -4.96. The summed E-state index contributed by atoms with van der Waals surface area (Å²) in [4.78, 5) is 72.8. The van der Waals surface area contributed by atoms with Gasteiger partial charge in [0, 0.05) is 25.7 Å². The van der Waals surface area contributed by atoms with Gasteiger partial charge in [0.25, 0.3) is 0 Å². The third-order valence-electron chi connectivity index (χ3n) is 17.6. The Morgan fingerprint density at radius 3 is 0.716 bits per heavy atom. The number of unbranched alkanes of at least 4 members (excludes halogenated alkanes) is 42. The van der Waals surface area contributed by atoms with E-state index in [1.165, 1.54) is 199 Å². The lowest BCUT2D eigenvalue weighted by Gasteiger charge is -2.21. The van der Waals surface area contributed by atoms with Gasteiger partial charge in [0.15, 0.2) is 12.2 Å². The molecule has 5 atom stereocenters. The predicted molar refractivity (Wildman–Crippen MR) is 386 cm³/mol. The van der Waals surface area contributed by atoms with Crippen molar-refractivity contribution in [3.63, 3.8) is 0 Å². The lowest BCUT2D eigenvalue weighted by molar-refractivity contribution is -0.161. The first-order valence-electron chi connectivity index (χ1n) is 39.3. The third kappa shape index (κ3) is 70.3. The molecule has 0 bridgehead atoms. The molecule has 0 radical (unpaired) electrons. The maximum absolute atomic E-state index is 13.1. The van der Waals surface area contributed by atoms with Crippen LogP contribution in [0.2, 0.25) is 0 Å². The average molecular weight is 1400 g/mol. The van der Waals surface area contributed by atoms with Gasteiger partial charge >= 0.3 is 39.5 Å². The number of carbonyl (C=O) groups is 4. The van der Waals surface area contributed by atoms with Gasteiger partial charge < -0.3 is 33.8 Å². The number of aliphatic hydroxyl groups excluding tert-OH is 1. The highest BCUT2D eigenvalue weighted by molar-refractivity contribution is 7.47. The standard InChI is InChI=1S/C76H148O17P2/c1-8-9-10-11-12-13-14-15-16-17-23-28-36-43-50-57-73(78)86-63-71(92-75(80)59-52-45-38-29-24-19-18-21-26-33-40-47-54-67(2)3)65-90-94(82,83)88-61-70(77)62-89-95(84,85)91-66-72(64-87-74(79)58-51-44-37-32-31-35-42-49-56-69(6)7)93-76(81)60-53-46-39-30-25-20-22-27-34-41-48-55-68(4)5/h67-72,77H,8-66H2,1-7H3,(H,82,83)(H,84,85)/t70-,71-,72-/m1/s1. The summed E-state index contributed by atoms with van der Waals surface area (Å²) in [5.41, 5.74) is 0. The van der Waals surface area contributed by atoms with Crippen LogP contribution in [0.15, 0.2) is 0 Å². The highest BCUT2D eigenvalue weighted by Crippen LogP contribution is 2.45. The van der Waals surface area contributed by atoms with Crippen LogP contribution in [0.25, 0.3) is 0 Å².